The predicted octanol–water partition coefficient (Wildman–Crippen LogP) is 4.59. The number of nitrogens with zero attached hydrogens (tertiary/aromatic N) is 2. The number of thiophene rings is 1. The second kappa shape index (κ2) is 10.0. The molecule has 1 aromatic carbocycles. The molecule has 1 aromatic heterocycles. The van der Waals surface area contributed by atoms with Gasteiger partial charge in [-0.05, 0) is 44.2 Å². The van der Waals surface area contributed by atoms with Crippen molar-refractivity contribution in [3.63, 3.8) is 0 Å². The summed E-state index contributed by atoms with van der Waals surface area (Å²) in [4.78, 5) is 29.4. The van der Waals surface area contributed by atoms with Crippen molar-refractivity contribution in [3.05, 3.63) is 51.7 Å². The van der Waals surface area contributed by atoms with Crippen LogP contribution >= 0.6 is 11.3 Å². The van der Waals surface area contributed by atoms with Gasteiger partial charge in [0.15, 0.2) is 0 Å². The van der Waals surface area contributed by atoms with E-state index in [-0.39, 0.29) is 23.9 Å². The van der Waals surface area contributed by atoms with Crippen LogP contribution in [0.1, 0.15) is 54.3 Å². The summed E-state index contributed by atoms with van der Waals surface area (Å²) in [6.45, 7) is 5.89. The van der Waals surface area contributed by atoms with Crippen molar-refractivity contribution in [1.82, 2.24) is 9.80 Å². The number of carbonyl (C=O) groups is 2. The van der Waals surface area contributed by atoms with Crippen molar-refractivity contribution in [1.29, 1.82) is 0 Å². The number of rotatable bonds is 5. The zero-order valence-electron chi connectivity index (χ0n) is 18.7. The summed E-state index contributed by atoms with van der Waals surface area (Å²) >= 11 is 1.63. The number of carbonyl (C=O) groups excluding carboxylic acids is 2. The number of amides is 2. The number of piperazine rings is 1. The molecule has 0 bridgehead atoms. The Hall–Kier alpha value is -2.45. The van der Waals surface area contributed by atoms with E-state index in [2.05, 4.69) is 10.2 Å². The Bertz CT molecular complexity index is 985. The molecule has 0 spiro atoms. The normalized spacial score (nSPS) is 17.5. The molecule has 2 heterocycles. The van der Waals surface area contributed by atoms with Crippen molar-refractivity contribution in [2.24, 2.45) is 0 Å². The van der Waals surface area contributed by atoms with Crippen LogP contribution in [-0.4, -0.2) is 54.6 Å². The second-order valence-electron chi connectivity index (χ2n) is 8.28. The Labute approximate surface area is 192 Å². The molecule has 2 aliphatic rings. The van der Waals surface area contributed by atoms with Gasteiger partial charge in [0.25, 0.3) is 0 Å². The zero-order valence-corrected chi connectivity index (χ0v) is 19.5. The zero-order chi connectivity index (χ0) is 22.7. The van der Waals surface area contributed by atoms with Crippen LogP contribution < -0.4 is 5.32 Å². The highest BCUT2D eigenvalue weighted by atomic mass is 32.1. The number of fused-ring (bicyclic) bond motifs is 1. The molecule has 1 aliphatic carbocycles. The first kappa shape index (κ1) is 22.7. The van der Waals surface area contributed by atoms with E-state index >= 15 is 4.39 Å². The first-order valence-corrected chi connectivity index (χ1v) is 12.1. The summed E-state index contributed by atoms with van der Waals surface area (Å²) in [5, 5.41) is 3.85. The fraction of sp³-hybridized carbons (Fsp3) is 0.500. The smallest absolute Gasteiger partial charge is 0.409 e. The molecule has 172 valence electrons. The lowest BCUT2D eigenvalue weighted by molar-refractivity contribution is -0.114. The van der Waals surface area contributed by atoms with Gasteiger partial charge in [0, 0.05) is 49.1 Å². The number of aryl methyl sites for hydroxylation is 1. The Morgan fingerprint density at radius 3 is 2.56 bits per heavy atom. The van der Waals surface area contributed by atoms with E-state index in [1.807, 2.05) is 12.1 Å². The van der Waals surface area contributed by atoms with Crippen molar-refractivity contribution in [2.75, 3.05) is 38.1 Å². The maximum atomic E-state index is 15.1. The highest BCUT2D eigenvalue weighted by Gasteiger charge is 2.35. The molecule has 8 heteroatoms. The number of ether oxygens (including phenoxy) is 1. The topological polar surface area (TPSA) is 61.9 Å². The first-order chi connectivity index (χ1) is 15.5. The van der Waals surface area contributed by atoms with E-state index in [0.717, 1.165) is 36.2 Å². The van der Waals surface area contributed by atoms with Crippen LogP contribution in [0.3, 0.4) is 0 Å². The van der Waals surface area contributed by atoms with Gasteiger partial charge in [-0.3, -0.25) is 9.69 Å². The molecule has 32 heavy (non-hydrogen) atoms. The van der Waals surface area contributed by atoms with Crippen molar-refractivity contribution in [2.45, 2.75) is 45.6 Å². The summed E-state index contributed by atoms with van der Waals surface area (Å²) in [6.07, 6.45) is 3.86. The fourth-order valence-electron chi connectivity index (χ4n) is 4.74. The molecule has 1 N–H and O–H groups in total. The van der Waals surface area contributed by atoms with Gasteiger partial charge in [0.1, 0.15) is 10.8 Å². The number of nitrogens with one attached hydrogen (secondary N) is 1. The molecule has 1 unspecified atom stereocenters. The lowest BCUT2D eigenvalue weighted by atomic mass is 9.88. The minimum absolute atomic E-state index is 0.121. The van der Waals surface area contributed by atoms with Crippen LogP contribution in [-0.2, 0) is 22.4 Å². The van der Waals surface area contributed by atoms with Gasteiger partial charge in [0.05, 0.1) is 12.6 Å². The van der Waals surface area contributed by atoms with Crippen molar-refractivity contribution >= 4 is 28.3 Å². The predicted molar refractivity (Wildman–Crippen MR) is 124 cm³/mol. The van der Waals surface area contributed by atoms with Crippen LogP contribution in [0.4, 0.5) is 14.2 Å². The van der Waals surface area contributed by atoms with Crippen molar-refractivity contribution in [3.8, 4) is 0 Å². The molecule has 4 rings (SSSR count). The van der Waals surface area contributed by atoms with Gasteiger partial charge < -0.3 is 15.0 Å². The second-order valence-corrected chi connectivity index (χ2v) is 9.39. The summed E-state index contributed by atoms with van der Waals surface area (Å²) in [7, 11) is 0. The molecule has 0 radical (unpaired) electrons. The molecule has 1 atom stereocenters. The maximum absolute atomic E-state index is 15.1. The Kier molecular flexibility index (Phi) is 7.10. The summed E-state index contributed by atoms with van der Waals surface area (Å²) in [5.41, 5.74) is 2.88. The third-order valence-electron chi connectivity index (χ3n) is 6.18. The highest BCUT2D eigenvalue weighted by Crippen LogP contribution is 2.46. The Morgan fingerprint density at radius 1 is 1.16 bits per heavy atom. The summed E-state index contributed by atoms with van der Waals surface area (Å²) in [6, 6.07) is 6.57. The fourth-order valence-corrected chi connectivity index (χ4v) is 6.11. The number of hydrogen-bond acceptors (Lipinski definition) is 5. The first-order valence-electron chi connectivity index (χ1n) is 11.3. The highest BCUT2D eigenvalue weighted by molar-refractivity contribution is 7.16. The van der Waals surface area contributed by atoms with E-state index in [0.29, 0.717) is 38.3 Å². The average molecular weight is 460 g/mol. The molecule has 1 fully saturated rings. The molecule has 1 saturated heterocycles. The maximum Gasteiger partial charge on any atom is 0.409 e. The lowest BCUT2D eigenvalue weighted by Gasteiger charge is -2.40. The molecule has 0 saturated carbocycles. The van der Waals surface area contributed by atoms with Gasteiger partial charge in [-0.1, -0.05) is 18.2 Å². The van der Waals surface area contributed by atoms with Crippen LogP contribution in [0.5, 0.6) is 0 Å². The molecule has 2 amide bonds. The van der Waals surface area contributed by atoms with Crippen molar-refractivity contribution < 1.29 is 18.7 Å². The number of halogens is 1. The average Bonchev–Trinajstić information content (AvgIpc) is 3.13. The number of benzene rings is 1. The lowest BCUT2D eigenvalue weighted by Crippen LogP contribution is -2.50. The molecular formula is C24H30FN3O3S. The van der Waals surface area contributed by atoms with Gasteiger partial charge in [0.2, 0.25) is 5.91 Å². The van der Waals surface area contributed by atoms with E-state index in [4.69, 9.17) is 4.74 Å². The number of hydrogen-bond donors (Lipinski definition) is 1. The SMILES string of the molecule is CCOC(=O)N1CCN(C(c2ccccc2F)c2c(NC(C)=O)sc3c2CCCC3)CC1. The monoisotopic (exact) mass is 459 g/mol. The minimum atomic E-state index is -0.319. The van der Waals surface area contributed by atoms with Gasteiger partial charge in [-0.25, -0.2) is 9.18 Å². The quantitative estimate of drug-likeness (QED) is 0.711. The van der Waals surface area contributed by atoms with Crippen LogP contribution in [0.15, 0.2) is 24.3 Å². The van der Waals surface area contributed by atoms with E-state index in [1.165, 1.54) is 23.4 Å². The van der Waals surface area contributed by atoms with Gasteiger partial charge in [-0.15, -0.1) is 11.3 Å². The summed E-state index contributed by atoms with van der Waals surface area (Å²) in [5.74, 6) is -0.376. The molecule has 6 nitrogen and oxygen atoms in total. The third kappa shape index (κ3) is 4.66. The Balaban J connectivity index is 1.74. The van der Waals surface area contributed by atoms with Crippen LogP contribution in [0, 0.1) is 5.82 Å². The third-order valence-corrected chi connectivity index (χ3v) is 7.40. The molecule has 1 aliphatic heterocycles. The van der Waals surface area contributed by atoms with E-state index < -0.39 is 0 Å². The van der Waals surface area contributed by atoms with E-state index in [1.54, 1.807) is 29.2 Å². The Morgan fingerprint density at radius 2 is 1.88 bits per heavy atom. The minimum Gasteiger partial charge on any atom is -0.450 e. The van der Waals surface area contributed by atoms with Gasteiger partial charge in [-0.2, -0.15) is 0 Å². The summed E-state index contributed by atoms with van der Waals surface area (Å²) < 4.78 is 20.3. The largest absolute Gasteiger partial charge is 0.450 e. The van der Waals surface area contributed by atoms with E-state index in [9.17, 15) is 9.59 Å². The molecular weight excluding hydrogens is 429 g/mol. The van der Waals surface area contributed by atoms with Crippen LogP contribution in [0.2, 0.25) is 0 Å². The van der Waals surface area contributed by atoms with Crippen LogP contribution in [0.25, 0.3) is 0 Å². The van der Waals surface area contributed by atoms with Gasteiger partial charge >= 0.3 is 6.09 Å². The molecule has 2 aromatic rings. The number of anilines is 1. The standard InChI is InChI=1S/C24H30FN3O3S/c1-3-31-24(30)28-14-12-27(13-15-28)22(17-8-4-6-10-19(17)25)21-18-9-5-7-11-20(18)32-23(21)26-16(2)29/h4,6,8,10,22H,3,5,7,9,11-15H2,1-2H3,(H,26,29).